The van der Waals surface area contributed by atoms with Crippen molar-refractivity contribution in [2.75, 3.05) is 13.2 Å². The van der Waals surface area contributed by atoms with Gasteiger partial charge in [0.15, 0.2) is 11.5 Å². The predicted molar refractivity (Wildman–Crippen MR) is 82.3 cm³/mol. The minimum absolute atomic E-state index is 0.105. The van der Waals surface area contributed by atoms with Crippen molar-refractivity contribution in [3.8, 4) is 11.5 Å². The molecule has 2 N–H and O–H groups in total. The summed E-state index contributed by atoms with van der Waals surface area (Å²) in [4.78, 5) is 0. The zero-order valence-corrected chi connectivity index (χ0v) is 12.7. The molecule has 1 aromatic rings. The van der Waals surface area contributed by atoms with Gasteiger partial charge in [-0.1, -0.05) is 31.7 Å². The van der Waals surface area contributed by atoms with E-state index in [2.05, 4.69) is 6.07 Å². The quantitative estimate of drug-likeness (QED) is 0.817. The molecule has 0 radical (unpaired) electrons. The van der Waals surface area contributed by atoms with Crippen LogP contribution in [0.4, 0.5) is 0 Å². The minimum atomic E-state index is 0.105. The van der Waals surface area contributed by atoms with Crippen LogP contribution < -0.4 is 15.2 Å². The van der Waals surface area contributed by atoms with Gasteiger partial charge in [-0.2, -0.15) is 0 Å². The summed E-state index contributed by atoms with van der Waals surface area (Å²) in [5, 5.41) is 0. The van der Waals surface area contributed by atoms with E-state index in [1.54, 1.807) is 0 Å². The molecule has 1 aromatic carbocycles. The molecule has 3 nitrogen and oxygen atoms in total. The number of hydrogen-bond acceptors (Lipinski definition) is 3. The Balaban J connectivity index is 2.07. The summed E-state index contributed by atoms with van der Waals surface area (Å²) in [6.07, 6.45) is 6.49. The van der Waals surface area contributed by atoms with Gasteiger partial charge in [-0.25, -0.2) is 0 Å². The van der Waals surface area contributed by atoms with Crippen LogP contribution in [0.1, 0.15) is 57.6 Å². The summed E-state index contributed by atoms with van der Waals surface area (Å²) in [6.45, 7) is 5.26. The van der Waals surface area contributed by atoms with Gasteiger partial charge in [-0.05, 0) is 43.9 Å². The Morgan fingerprint density at radius 3 is 2.40 bits per heavy atom. The van der Waals surface area contributed by atoms with E-state index in [0.717, 1.165) is 29.4 Å². The lowest BCUT2D eigenvalue weighted by atomic mass is 9.94. The first kappa shape index (κ1) is 15.2. The normalized spacial score (nSPS) is 17.1. The zero-order valence-electron chi connectivity index (χ0n) is 12.7. The molecule has 0 spiro atoms. The van der Waals surface area contributed by atoms with Crippen LogP contribution in [0.3, 0.4) is 0 Å². The topological polar surface area (TPSA) is 44.5 Å². The van der Waals surface area contributed by atoms with E-state index in [4.69, 9.17) is 15.2 Å². The predicted octanol–water partition coefficient (Wildman–Crippen LogP) is 4.06. The highest BCUT2D eigenvalue weighted by Crippen LogP contribution is 2.35. The molecule has 2 rings (SSSR count). The summed E-state index contributed by atoms with van der Waals surface area (Å²) in [7, 11) is 0. The third-order valence-electron chi connectivity index (χ3n) is 4.06. The first-order valence-corrected chi connectivity index (χ1v) is 7.89. The van der Waals surface area contributed by atoms with Crippen LogP contribution in [-0.4, -0.2) is 13.2 Å². The first-order chi connectivity index (χ1) is 9.74. The monoisotopic (exact) mass is 277 g/mol. The van der Waals surface area contributed by atoms with Crippen molar-refractivity contribution in [3.05, 3.63) is 23.8 Å². The van der Waals surface area contributed by atoms with Crippen molar-refractivity contribution in [1.29, 1.82) is 0 Å². The molecule has 0 heterocycles. The third-order valence-corrected chi connectivity index (χ3v) is 4.06. The Labute approximate surface area is 122 Å². The van der Waals surface area contributed by atoms with Crippen LogP contribution in [0.25, 0.3) is 0 Å². The fourth-order valence-corrected chi connectivity index (χ4v) is 3.04. The Hall–Kier alpha value is -1.22. The van der Waals surface area contributed by atoms with Crippen molar-refractivity contribution in [2.45, 2.75) is 52.0 Å². The van der Waals surface area contributed by atoms with Crippen molar-refractivity contribution >= 4 is 0 Å². The molecule has 0 saturated heterocycles. The third kappa shape index (κ3) is 3.89. The molecule has 1 aliphatic rings. The highest BCUT2D eigenvalue weighted by Gasteiger charge is 2.20. The number of nitrogens with two attached hydrogens (primary N) is 1. The lowest BCUT2D eigenvalue weighted by molar-refractivity contribution is 0.287. The Bertz CT molecular complexity index is 413. The molecule has 1 unspecified atom stereocenters. The molecule has 0 bridgehead atoms. The van der Waals surface area contributed by atoms with Crippen molar-refractivity contribution < 1.29 is 9.47 Å². The number of rotatable bonds is 7. The second-order valence-electron chi connectivity index (χ2n) is 5.56. The second-order valence-corrected chi connectivity index (χ2v) is 5.56. The van der Waals surface area contributed by atoms with Gasteiger partial charge in [0.2, 0.25) is 0 Å². The van der Waals surface area contributed by atoms with Gasteiger partial charge in [0.1, 0.15) is 0 Å². The van der Waals surface area contributed by atoms with E-state index in [9.17, 15) is 0 Å². The molecule has 112 valence electrons. The molecule has 0 aromatic heterocycles. The molecule has 1 saturated carbocycles. The largest absolute Gasteiger partial charge is 0.490 e. The fourth-order valence-electron chi connectivity index (χ4n) is 3.04. The highest BCUT2D eigenvalue weighted by atomic mass is 16.5. The van der Waals surface area contributed by atoms with E-state index in [1.165, 1.54) is 25.7 Å². The number of benzene rings is 1. The second kappa shape index (κ2) is 7.53. The molecular weight excluding hydrogens is 250 g/mol. The average molecular weight is 277 g/mol. The molecule has 1 fully saturated rings. The van der Waals surface area contributed by atoms with E-state index in [-0.39, 0.29) is 6.04 Å². The van der Waals surface area contributed by atoms with E-state index >= 15 is 0 Å². The van der Waals surface area contributed by atoms with Gasteiger partial charge < -0.3 is 15.2 Å². The number of ether oxygens (including phenoxy) is 2. The molecule has 0 aliphatic heterocycles. The summed E-state index contributed by atoms with van der Waals surface area (Å²) in [5.41, 5.74) is 7.52. The van der Waals surface area contributed by atoms with E-state index < -0.39 is 0 Å². The lowest BCUT2D eigenvalue weighted by Gasteiger charge is -2.19. The Kier molecular flexibility index (Phi) is 5.72. The summed E-state index contributed by atoms with van der Waals surface area (Å²) in [5.74, 6) is 2.42. The van der Waals surface area contributed by atoms with Crippen LogP contribution in [0.15, 0.2) is 18.2 Å². The van der Waals surface area contributed by atoms with Gasteiger partial charge >= 0.3 is 0 Å². The maximum atomic E-state index is 6.37. The molecule has 20 heavy (non-hydrogen) atoms. The number of hydrogen-bond donors (Lipinski definition) is 1. The molecular formula is C17H27NO2. The zero-order chi connectivity index (χ0) is 14.4. The van der Waals surface area contributed by atoms with Crippen molar-refractivity contribution in [3.63, 3.8) is 0 Å². The molecule has 1 atom stereocenters. The van der Waals surface area contributed by atoms with Gasteiger partial charge in [0, 0.05) is 6.04 Å². The van der Waals surface area contributed by atoms with E-state index in [0.29, 0.717) is 13.2 Å². The molecule has 1 aliphatic carbocycles. The molecule has 3 heteroatoms. The van der Waals surface area contributed by atoms with Crippen molar-refractivity contribution in [2.24, 2.45) is 11.7 Å². The standard InChI is InChI=1S/C17H27NO2/c1-3-19-16-10-9-14(12-17(16)20-4-2)15(18)11-13-7-5-6-8-13/h9-10,12-13,15H,3-8,11,18H2,1-2H3. The Morgan fingerprint density at radius 2 is 1.75 bits per heavy atom. The van der Waals surface area contributed by atoms with Crippen molar-refractivity contribution in [1.82, 2.24) is 0 Å². The van der Waals surface area contributed by atoms with Gasteiger partial charge in [0.05, 0.1) is 13.2 Å². The van der Waals surface area contributed by atoms with Gasteiger partial charge in [-0.15, -0.1) is 0 Å². The van der Waals surface area contributed by atoms with Gasteiger partial charge in [-0.3, -0.25) is 0 Å². The molecule has 0 amide bonds. The lowest BCUT2D eigenvalue weighted by Crippen LogP contribution is -2.14. The average Bonchev–Trinajstić information content (AvgIpc) is 2.94. The smallest absolute Gasteiger partial charge is 0.161 e. The Morgan fingerprint density at radius 1 is 1.10 bits per heavy atom. The highest BCUT2D eigenvalue weighted by molar-refractivity contribution is 5.43. The van der Waals surface area contributed by atoms with Crippen LogP contribution in [0, 0.1) is 5.92 Å². The maximum Gasteiger partial charge on any atom is 0.161 e. The SMILES string of the molecule is CCOc1ccc(C(N)CC2CCCC2)cc1OCC. The van der Waals surface area contributed by atoms with Crippen LogP contribution >= 0.6 is 0 Å². The maximum absolute atomic E-state index is 6.37. The van der Waals surface area contributed by atoms with Crippen LogP contribution in [-0.2, 0) is 0 Å². The summed E-state index contributed by atoms with van der Waals surface area (Å²) >= 11 is 0. The van der Waals surface area contributed by atoms with Crippen LogP contribution in [0.5, 0.6) is 11.5 Å². The summed E-state index contributed by atoms with van der Waals surface area (Å²) in [6, 6.07) is 6.22. The van der Waals surface area contributed by atoms with E-state index in [1.807, 2.05) is 26.0 Å². The first-order valence-electron chi connectivity index (χ1n) is 7.89. The summed E-state index contributed by atoms with van der Waals surface area (Å²) < 4.78 is 11.3. The fraction of sp³-hybridized carbons (Fsp3) is 0.647. The van der Waals surface area contributed by atoms with Gasteiger partial charge in [0.25, 0.3) is 0 Å². The minimum Gasteiger partial charge on any atom is -0.490 e. The van der Waals surface area contributed by atoms with Crippen LogP contribution in [0.2, 0.25) is 0 Å².